The van der Waals surface area contributed by atoms with Gasteiger partial charge in [0.25, 0.3) is 0 Å². The quantitative estimate of drug-likeness (QED) is 0.245. The molecule has 0 spiro atoms. The number of nitrogens with one attached hydrogen (secondary N) is 1. The van der Waals surface area contributed by atoms with Crippen LogP contribution in [0.15, 0.2) is 71.9 Å². The number of nitrogens with zero attached hydrogens (tertiary/aromatic N) is 2. The minimum absolute atomic E-state index is 0.0437. The number of amides is 1. The Morgan fingerprint density at radius 2 is 1.74 bits per heavy atom. The molecule has 0 aliphatic heterocycles. The zero-order chi connectivity index (χ0) is 24.1. The average Bonchev–Trinajstić information content (AvgIpc) is 3.16. The molecule has 0 bridgehead atoms. The third-order valence-electron chi connectivity index (χ3n) is 5.25. The molecule has 2 aromatic carbocycles. The van der Waals surface area contributed by atoms with Crippen molar-refractivity contribution in [1.29, 1.82) is 0 Å². The molecular weight excluding hydrogens is 478 g/mol. The number of carboxylic acid groups (broad SMARTS) is 1. The van der Waals surface area contributed by atoms with Gasteiger partial charge in [0.2, 0.25) is 0 Å². The predicted molar refractivity (Wildman–Crippen MR) is 129 cm³/mol. The number of rotatable bonds is 9. The molecule has 34 heavy (non-hydrogen) atoms. The van der Waals surface area contributed by atoms with Gasteiger partial charge in [-0.15, -0.1) is 0 Å². The lowest BCUT2D eigenvalue weighted by molar-refractivity contribution is -0.388. The Kier molecular flexibility index (Phi) is 7.33. The summed E-state index contributed by atoms with van der Waals surface area (Å²) < 4.78 is 5.40. The minimum Gasteiger partial charge on any atom is -0.480 e. The Bertz CT molecular complexity index is 1190. The SMILES string of the molecule is O=C(N[C@@H](CSSc1ncccc1[N+](=O)[O-])C(=O)O)OCC1c2ccccc2-c2ccccc21. The summed E-state index contributed by atoms with van der Waals surface area (Å²) in [5.74, 6) is -1.43. The van der Waals surface area contributed by atoms with Gasteiger partial charge in [0.05, 0.1) is 4.92 Å². The summed E-state index contributed by atoms with van der Waals surface area (Å²) in [5.41, 5.74) is 4.11. The summed E-state index contributed by atoms with van der Waals surface area (Å²) >= 11 is 0. The number of aromatic nitrogens is 1. The van der Waals surface area contributed by atoms with E-state index in [4.69, 9.17) is 4.74 Å². The Labute approximate surface area is 202 Å². The number of fused-ring (bicyclic) bond motifs is 3. The molecule has 1 aliphatic rings. The second kappa shape index (κ2) is 10.6. The van der Waals surface area contributed by atoms with E-state index < -0.39 is 23.0 Å². The number of carbonyl (C=O) groups excluding carboxylic acids is 1. The second-order valence-electron chi connectivity index (χ2n) is 7.31. The summed E-state index contributed by atoms with van der Waals surface area (Å²) in [6.45, 7) is 0.0637. The molecule has 1 aromatic heterocycles. The molecule has 3 aromatic rings. The van der Waals surface area contributed by atoms with Gasteiger partial charge >= 0.3 is 17.7 Å². The highest BCUT2D eigenvalue weighted by Crippen LogP contribution is 2.44. The zero-order valence-electron chi connectivity index (χ0n) is 17.6. The summed E-state index contributed by atoms with van der Waals surface area (Å²) in [4.78, 5) is 38.5. The third-order valence-corrected chi connectivity index (χ3v) is 7.55. The maximum absolute atomic E-state index is 12.4. The largest absolute Gasteiger partial charge is 0.480 e. The number of benzene rings is 2. The number of hydrogen-bond donors (Lipinski definition) is 2. The maximum Gasteiger partial charge on any atom is 0.407 e. The lowest BCUT2D eigenvalue weighted by Gasteiger charge is -2.17. The van der Waals surface area contributed by atoms with Crippen molar-refractivity contribution in [3.8, 4) is 11.1 Å². The van der Waals surface area contributed by atoms with Crippen LogP contribution in [0, 0.1) is 10.1 Å². The number of carbonyl (C=O) groups is 2. The van der Waals surface area contributed by atoms with E-state index in [0.717, 1.165) is 43.8 Å². The van der Waals surface area contributed by atoms with Crippen molar-refractivity contribution in [3.63, 3.8) is 0 Å². The zero-order valence-corrected chi connectivity index (χ0v) is 19.3. The fourth-order valence-electron chi connectivity index (χ4n) is 3.70. The molecule has 9 nitrogen and oxygen atoms in total. The van der Waals surface area contributed by atoms with Crippen LogP contribution in [0.4, 0.5) is 10.5 Å². The molecule has 1 amide bonds. The molecule has 0 saturated heterocycles. The fraction of sp³-hybridized carbons (Fsp3) is 0.174. The van der Waals surface area contributed by atoms with Gasteiger partial charge in [-0.25, -0.2) is 14.6 Å². The van der Waals surface area contributed by atoms with Gasteiger partial charge < -0.3 is 15.2 Å². The van der Waals surface area contributed by atoms with Crippen molar-refractivity contribution >= 4 is 39.3 Å². The first-order valence-corrected chi connectivity index (χ1v) is 12.5. The van der Waals surface area contributed by atoms with E-state index in [1.165, 1.54) is 18.3 Å². The highest BCUT2D eigenvalue weighted by atomic mass is 33.1. The molecular formula is C23H19N3O6S2. The Hall–Kier alpha value is -3.57. The van der Waals surface area contributed by atoms with E-state index in [1.807, 2.05) is 48.5 Å². The molecule has 1 heterocycles. The van der Waals surface area contributed by atoms with Gasteiger partial charge in [0.1, 0.15) is 12.6 Å². The average molecular weight is 498 g/mol. The Balaban J connectivity index is 1.34. The van der Waals surface area contributed by atoms with Crippen molar-refractivity contribution in [1.82, 2.24) is 10.3 Å². The van der Waals surface area contributed by atoms with Gasteiger partial charge in [-0.3, -0.25) is 10.1 Å². The first-order chi connectivity index (χ1) is 16.5. The minimum atomic E-state index is -1.24. The molecule has 1 atom stereocenters. The first-order valence-electron chi connectivity index (χ1n) is 10.2. The highest BCUT2D eigenvalue weighted by molar-refractivity contribution is 8.76. The molecule has 4 rings (SSSR count). The van der Waals surface area contributed by atoms with Crippen LogP contribution in [0.1, 0.15) is 17.0 Å². The fourth-order valence-corrected chi connectivity index (χ4v) is 5.91. The number of carboxylic acids is 1. The number of ether oxygens (including phenoxy) is 1. The number of hydrogen-bond acceptors (Lipinski definition) is 8. The Morgan fingerprint density at radius 1 is 1.09 bits per heavy atom. The number of aliphatic carboxylic acids is 1. The smallest absolute Gasteiger partial charge is 0.407 e. The monoisotopic (exact) mass is 497 g/mol. The van der Waals surface area contributed by atoms with Crippen LogP contribution in [-0.2, 0) is 9.53 Å². The van der Waals surface area contributed by atoms with Gasteiger partial charge in [-0.2, -0.15) is 0 Å². The normalized spacial score (nSPS) is 12.9. The highest BCUT2D eigenvalue weighted by Gasteiger charge is 2.30. The van der Waals surface area contributed by atoms with Gasteiger partial charge in [-0.1, -0.05) is 59.3 Å². The topological polar surface area (TPSA) is 132 Å². The lowest BCUT2D eigenvalue weighted by Crippen LogP contribution is -2.43. The van der Waals surface area contributed by atoms with Crippen molar-refractivity contribution in [2.75, 3.05) is 12.4 Å². The van der Waals surface area contributed by atoms with E-state index in [-0.39, 0.29) is 29.0 Å². The maximum atomic E-state index is 12.4. The van der Waals surface area contributed by atoms with Crippen LogP contribution in [0.3, 0.4) is 0 Å². The second-order valence-corrected chi connectivity index (χ2v) is 9.64. The van der Waals surface area contributed by atoms with Crippen LogP contribution in [0.25, 0.3) is 11.1 Å². The van der Waals surface area contributed by atoms with Crippen molar-refractivity contribution < 1.29 is 24.4 Å². The molecule has 0 unspecified atom stereocenters. The van der Waals surface area contributed by atoms with Crippen molar-refractivity contribution in [2.24, 2.45) is 0 Å². The molecule has 174 valence electrons. The van der Waals surface area contributed by atoms with Gasteiger partial charge in [0, 0.05) is 23.9 Å². The van der Waals surface area contributed by atoms with Crippen LogP contribution in [0.2, 0.25) is 0 Å². The first kappa shape index (κ1) is 23.6. The molecule has 1 aliphatic carbocycles. The summed E-state index contributed by atoms with van der Waals surface area (Å²) in [6.07, 6.45) is 0.572. The van der Waals surface area contributed by atoms with Crippen molar-refractivity contribution in [2.45, 2.75) is 17.0 Å². The number of pyridine rings is 1. The number of alkyl carbamates (subject to hydrolysis) is 1. The summed E-state index contributed by atoms with van der Waals surface area (Å²) in [5, 5.41) is 23.1. The summed E-state index contributed by atoms with van der Waals surface area (Å²) in [7, 11) is 2.01. The third kappa shape index (κ3) is 5.15. The van der Waals surface area contributed by atoms with E-state index >= 15 is 0 Å². The summed E-state index contributed by atoms with van der Waals surface area (Å²) in [6, 6.07) is 17.3. The van der Waals surface area contributed by atoms with Crippen LogP contribution < -0.4 is 5.32 Å². The van der Waals surface area contributed by atoms with Crippen LogP contribution >= 0.6 is 21.6 Å². The molecule has 0 saturated carbocycles. The van der Waals surface area contributed by atoms with E-state index in [0.29, 0.717) is 0 Å². The molecule has 2 N–H and O–H groups in total. The molecule has 11 heteroatoms. The standard InChI is InChI=1S/C23H19N3O6S2/c27-22(28)19(13-33-34-21-20(26(30)31)10-5-11-24-21)25-23(29)32-12-18-16-8-3-1-6-14(16)15-7-2-4-9-17(15)18/h1-11,18-19H,12-13H2,(H,25,29)(H,27,28)/t19-/m0/s1. The predicted octanol–water partition coefficient (Wildman–Crippen LogP) is 4.72. The number of nitro groups is 1. The van der Waals surface area contributed by atoms with Gasteiger partial charge in [-0.05, 0) is 39.1 Å². The molecule has 0 fully saturated rings. The Morgan fingerprint density at radius 3 is 2.35 bits per heavy atom. The van der Waals surface area contributed by atoms with Crippen molar-refractivity contribution in [3.05, 3.63) is 88.1 Å². The van der Waals surface area contributed by atoms with Gasteiger partial charge in [0.15, 0.2) is 5.03 Å². The van der Waals surface area contributed by atoms with Crippen LogP contribution in [-0.4, -0.2) is 45.5 Å². The van der Waals surface area contributed by atoms with E-state index in [9.17, 15) is 24.8 Å². The van der Waals surface area contributed by atoms with Crippen LogP contribution in [0.5, 0.6) is 0 Å². The molecule has 0 radical (unpaired) electrons. The van der Waals surface area contributed by atoms with E-state index in [1.54, 1.807) is 0 Å². The lowest BCUT2D eigenvalue weighted by atomic mass is 9.98. The van der Waals surface area contributed by atoms with E-state index in [2.05, 4.69) is 10.3 Å².